The van der Waals surface area contributed by atoms with Gasteiger partial charge in [-0.05, 0) is 26.7 Å². The van der Waals surface area contributed by atoms with Crippen molar-refractivity contribution >= 4 is 17.5 Å². The van der Waals surface area contributed by atoms with E-state index in [-0.39, 0.29) is 29.3 Å². The van der Waals surface area contributed by atoms with Gasteiger partial charge in [-0.1, -0.05) is 0 Å². The van der Waals surface area contributed by atoms with Gasteiger partial charge >= 0.3 is 6.09 Å². The van der Waals surface area contributed by atoms with E-state index in [0.717, 1.165) is 0 Å². The molecule has 1 aliphatic heterocycles. The van der Waals surface area contributed by atoms with Gasteiger partial charge in [0.2, 0.25) is 0 Å². The first-order chi connectivity index (χ1) is 12.0. The summed E-state index contributed by atoms with van der Waals surface area (Å²) in [6.07, 6.45) is 2.64. The van der Waals surface area contributed by atoms with Crippen molar-refractivity contribution in [3.05, 3.63) is 34.0 Å². The lowest BCUT2D eigenvalue weighted by Gasteiger charge is -2.31. The van der Waals surface area contributed by atoms with Crippen LogP contribution < -0.4 is 10.9 Å². The van der Waals surface area contributed by atoms with E-state index in [0.29, 0.717) is 43.7 Å². The largest absolute Gasteiger partial charge is 0.450 e. The third-order valence-electron chi connectivity index (χ3n) is 4.18. The molecule has 9 nitrogen and oxygen atoms in total. The predicted octanol–water partition coefficient (Wildman–Crippen LogP) is 0.682. The molecule has 0 spiro atoms. The summed E-state index contributed by atoms with van der Waals surface area (Å²) in [5.41, 5.74) is 0.907. The van der Waals surface area contributed by atoms with Crippen LogP contribution in [-0.4, -0.2) is 57.2 Å². The van der Waals surface area contributed by atoms with E-state index in [2.05, 4.69) is 15.4 Å². The number of piperidine rings is 1. The van der Waals surface area contributed by atoms with E-state index in [4.69, 9.17) is 4.74 Å². The second-order valence-corrected chi connectivity index (χ2v) is 6.06. The van der Waals surface area contributed by atoms with Gasteiger partial charge in [0.15, 0.2) is 5.69 Å². The molecule has 0 saturated carbocycles. The fourth-order valence-electron chi connectivity index (χ4n) is 2.91. The number of carbonyl (C=O) groups is 2. The molecule has 1 aliphatic rings. The highest BCUT2D eigenvalue weighted by molar-refractivity contribution is 5.93. The molecule has 0 bridgehead atoms. The number of hydrogen-bond acceptors (Lipinski definition) is 5. The summed E-state index contributed by atoms with van der Waals surface area (Å²) in [7, 11) is 0. The van der Waals surface area contributed by atoms with Crippen molar-refractivity contribution in [2.24, 2.45) is 0 Å². The van der Waals surface area contributed by atoms with Gasteiger partial charge in [-0.15, -0.1) is 0 Å². The van der Waals surface area contributed by atoms with Crippen molar-refractivity contribution in [2.45, 2.75) is 32.7 Å². The number of amides is 2. The number of aromatic nitrogens is 3. The summed E-state index contributed by atoms with van der Waals surface area (Å²) >= 11 is 0. The Kier molecular flexibility index (Phi) is 4.73. The van der Waals surface area contributed by atoms with Gasteiger partial charge in [-0.25, -0.2) is 9.31 Å². The van der Waals surface area contributed by atoms with E-state index in [9.17, 15) is 14.4 Å². The predicted molar refractivity (Wildman–Crippen MR) is 89.6 cm³/mol. The average Bonchev–Trinajstić information content (AvgIpc) is 3.00. The van der Waals surface area contributed by atoms with E-state index in [1.807, 2.05) is 0 Å². The molecule has 1 saturated heterocycles. The van der Waals surface area contributed by atoms with E-state index < -0.39 is 0 Å². The summed E-state index contributed by atoms with van der Waals surface area (Å²) in [5, 5.41) is 7.08. The quantitative estimate of drug-likeness (QED) is 0.849. The monoisotopic (exact) mass is 347 g/mol. The fraction of sp³-hybridized carbons (Fsp3) is 0.500. The van der Waals surface area contributed by atoms with Crippen molar-refractivity contribution in [3.63, 3.8) is 0 Å². The van der Waals surface area contributed by atoms with Crippen molar-refractivity contribution < 1.29 is 14.3 Å². The Bertz CT molecular complexity index is 848. The molecule has 2 N–H and O–H groups in total. The number of likely N-dealkylation sites (tertiary alicyclic amines) is 1. The minimum atomic E-state index is -0.324. The standard InChI is InChI=1S/C16H21N5O4/c1-3-25-16(24)20-6-4-11(5-7-20)18-14(22)12-8-13-15(23)17-10(2)9-21(13)19-12/h8-9,11H,3-7H2,1-2H3,(H,17,23)(H,18,22). The van der Waals surface area contributed by atoms with Gasteiger partial charge in [0, 0.05) is 37.1 Å². The number of nitrogens with one attached hydrogen (secondary N) is 2. The first kappa shape index (κ1) is 17.0. The Morgan fingerprint density at radius 2 is 2.12 bits per heavy atom. The number of fused-ring (bicyclic) bond motifs is 1. The topological polar surface area (TPSA) is 109 Å². The first-order valence-electron chi connectivity index (χ1n) is 8.29. The number of carbonyl (C=O) groups excluding carboxylic acids is 2. The number of hydrogen-bond donors (Lipinski definition) is 2. The molecule has 1 fully saturated rings. The van der Waals surface area contributed by atoms with Gasteiger partial charge in [-0.2, -0.15) is 5.10 Å². The molecule has 3 rings (SSSR count). The smallest absolute Gasteiger partial charge is 0.409 e. The molecule has 0 radical (unpaired) electrons. The van der Waals surface area contributed by atoms with Crippen LogP contribution in [0.1, 0.15) is 35.9 Å². The van der Waals surface area contributed by atoms with Gasteiger partial charge in [0.1, 0.15) is 5.52 Å². The molecule has 0 aromatic carbocycles. The van der Waals surface area contributed by atoms with E-state index in [1.165, 1.54) is 10.6 Å². The lowest BCUT2D eigenvalue weighted by molar-refractivity contribution is 0.0856. The minimum Gasteiger partial charge on any atom is -0.450 e. The highest BCUT2D eigenvalue weighted by Gasteiger charge is 2.25. The van der Waals surface area contributed by atoms with Crippen LogP contribution in [0.4, 0.5) is 4.79 Å². The third-order valence-corrected chi connectivity index (χ3v) is 4.18. The highest BCUT2D eigenvalue weighted by Crippen LogP contribution is 2.12. The van der Waals surface area contributed by atoms with Crippen LogP contribution in [0.2, 0.25) is 0 Å². The Labute approximate surface area is 144 Å². The zero-order valence-corrected chi connectivity index (χ0v) is 14.2. The Balaban J connectivity index is 1.63. The number of aromatic amines is 1. The Hall–Kier alpha value is -2.84. The number of H-pyrrole nitrogens is 1. The highest BCUT2D eigenvalue weighted by atomic mass is 16.6. The van der Waals surface area contributed by atoms with Crippen LogP contribution in [-0.2, 0) is 4.74 Å². The SMILES string of the molecule is CCOC(=O)N1CCC(NC(=O)c2cc3c(=O)[nH]c(C)cn3n2)CC1. The van der Waals surface area contributed by atoms with Gasteiger partial charge < -0.3 is 19.9 Å². The summed E-state index contributed by atoms with van der Waals surface area (Å²) in [5.74, 6) is -0.324. The number of nitrogens with zero attached hydrogens (tertiary/aromatic N) is 3. The van der Waals surface area contributed by atoms with Gasteiger partial charge in [-0.3, -0.25) is 9.59 Å². The van der Waals surface area contributed by atoms with Crippen molar-refractivity contribution in [3.8, 4) is 0 Å². The first-order valence-corrected chi connectivity index (χ1v) is 8.29. The zero-order chi connectivity index (χ0) is 18.0. The maximum absolute atomic E-state index is 12.4. The third kappa shape index (κ3) is 3.65. The Morgan fingerprint density at radius 3 is 2.80 bits per heavy atom. The maximum Gasteiger partial charge on any atom is 0.409 e. The van der Waals surface area contributed by atoms with Crippen molar-refractivity contribution in [1.29, 1.82) is 0 Å². The second-order valence-electron chi connectivity index (χ2n) is 6.06. The number of ether oxygens (including phenoxy) is 1. The Morgan fingerprint density at radius 1 is 1.40 bits per heavy atom. The molecule has 3 heterocycles. The zero-order valence-electron chi connectivity index (χ0n) is 14.2. The molecular weight excluding hydrogens is 326 g/mol. The van der Waals surface area contributed by atoms with Gasteiger partial charge in [0.25, 0.3) is 11.5 Å². The molecule has 0 unspecified atom stereocenters. The van der Waals surface area contributed by atoms with Crippen LogP contribution in [0.5, 0.6) is 0 Å². The molecule has 0 aliphatic carbocycles. The summed E-state index contributed by atoms with van der Waals surface area (Å²) in [6.45, 7) is 4.94. The van der Waals surface area contributed by atoms with E-state index in [1.54, 1.807) is 24.9 Å². The molecular formula is C16H21N5O4. The second kappa shape index (κ2) is 6.96. The van der Waals surface area contributed by atoms with E-state index >= 15 is 0 Å². The summed E-state index contributed by atoms with van der Waals surface area (Å²) in [6, 6.07) is 1.43. The van der Waals surface area contributed by atoms with Crippen LogP contribution in [0, 0.1) is 6.92 Å². The molecule has 0 atom stereocenters. The fourth-order valence-corrected chi connectivity index (χ4v) is 2.91. The molecule has 2 aromatic rings. The number of aryl methyl sites for hydroxylation is 1. The van der Waals surface area contributed by atoms with Crippen molar-refractivity contribution in [1.82, 2.24) is 24.8 Å². The molecule has 25 heavy (non-hydrogen) atoms. The summed E-state index contributed by atoms with van der Waals surface area (Å²) in [4.78, 5) is 40.3. The molecule has 2 aromatic heterocycles. The van der Waals surface area contributed by atoms with Gasteiger partial charge in [0.05, 0.1) is 6.61 Å². The lowest BCUT2D eigenvalue weighted by Crippen LogP contribution is -2.46. The van der Waals surface area contributed by atoms with Crippen LogP contribution in [0.3, 0.4) is 0 Å². The van der Waals surface area contributed by atoms with Crippen LogP contribution >= 0.6 is 0 Å². The van der Waals surface area contributed by atoms with Crippen molar-refractivity contribution in [2.75, 3.05) is 19.7 Å². The molecule has 2 amide bonds. The number of rotatable bonds is 3. The summed E-state index contributed by atoms with van der Waals surface area (Å²) < 4.78 is 6.39. The normalized spacial score (nSPS) is 15.4. The maximum atomic E-state index is 12.4. The van der Waals surface area contributed by atoms with Crippen LogP contribution in [0.25, 0.3) is 5.52 Å². The average molecular weight is 347 g/mol. The lowest BCUT2D eigenvalue weighted by atomic mass is 10.1. The van der Waals surface area contributed by atoms with Crippen LogP contribution in [0.15, 0.2) is 17.1 Å². The molecule has 134 valence electrons. The minimum absolute atomic E-state index is 0.0389. The molecule has 9 heteroatoms.